The summed E-state index contributed by atoms with van der Waals surface area (Å²) in [7, 11) is 0. The zero-order valence-electron chi connectivity index (χ0n) is 11.2. The van der Waals surface area contributed by atoms with Crippen LogP contribution in [0.15, 0.2) is 53.7 Å². The Morgan fingerprint density at radius 2 is 1.90 bits per heavy atom. The number of hydrogen-bond acceptors (Lipinski definition) is 4. The van der Waals surface area contributed by atoms with Crippen molar-refractivity contribution in [1.29, 1.82) is 0 Å². The molecule has 0 heterocycles. The van der Waals surface area contributed by atoms with Gasteiger partial charge in [0.25, 0.3) is 5.91 Å². The Hall–Kier alpha value is -3.02. The van der Waals surface area contributed by atoms with Crippen LogP contribution in [0, 0.1) is 0 Å². The number of nitrogens with zero attached hydrogens (tertiary/aromatic N) is 1. The molecule has 0 saturated heterocycles. The molecular weight excluding hydrogens is 270 g/mol. The molecule has 6 nitrogen and oxygen atoms in total. The molecule has 0 unspecified atom stereocenters. The number of hydrogen-bond donors (Lipinski definition) is 4. The lowest BCUT2D eigenvalue weighted by atomic mass is 10.1. The van der Waals surface area contributed by atoms with E-state index in [-0.39, 0.29) is 17.5 Å². The van der Waals surface area contributed by atoms with Crippen molar-refractivity contribution in [2.45, 2.75) is 6.42 Å². The Morgan fingerprint density at radius 3 is 2.52 bits per heavy atom. The Labute approximate surface area is 121 Å². The first-order valence-electron chi connectivity index (χ1n) is 6.24. The first-order valence-corrected chi connectivity index (χ1v) is 6.24. The number of anilines is 1. The number of nitrogens with one attached hydrogen (secondary N) is 1. The second-order valence-corrected chi connectivity index (χ2v) is 4.47. The maximum Gasteiger partial charge on any atom is 0.255 e. The standard InChI is InChI=1S/C15H15N3O3/c16-14(18-21)8-10-4-6-12(7-5-10)17-15(20)11-2-1-3-13(19)9-11/h1-7,9,19,21H,8H2,(H2,16,18)(H,17,20). The molecule has 2 aromatic rings. The fourth-order valence-electron chi connectivity index (χ4n) is 1.80. The molecule has 0 atom stereocenters. The number of phenolic OH excluding ortho intramolecular Hbond substituents is 1. The summed E-state index contributed by atoms with van der Waals surface area (Å²) in [6.45, 7) is 0. The van der Waals surface area contributed by atoms with Gasteiger partial charge in [0.05, 0.1) is 0 Å². The van der Waals surface area contributed by atoms with Crippen LogP contribution < -0.4 is 11.1 Å². The Kier molecular flexibility index (Phi) is 4.40. The van der Waals surface area contributed by atoms with Gasteiger partial charge in [-0.3, -0.25) is 4.79 Å². The van der Waals surface area contributed by atoms with E-state index in [0.717, 1.165) is 5.56 Å². The minimum atomic E-state index is -0.310. The van der Waals surface area contributed by atoms with Gasteiger partial charge in [0.15, 0.2) is 0 Å². The molecule has 2 rings (SSSR count). The lowest BCUT2D eigenvalue weighted by molar-refractivity contribution is 0.102. The molecule has 5 N–H and O–H groups in total. The number of amides is 1. The summed E-state index contributed by atoms with van der Waals surface area (Å²) in [5, 5.41) is 23.5. The van der Waals surface area contributed by atoms with E-state index in [0.29, 0.717) is 17.7 Å². The number of aromatic hydroxyl groups is 1. The molecular formula is C15H15N3O3. The predicted molar refractivity (Wildman–Crippen MR) is 79.6 cm³/mol. The summed E-state index contributed by atoms with van der Waals surface area (Å²) >= 11 is 0. The highest BCUT2D eigenvalue weighted by Crippen LogP contribution is 2.14. The molecule has 0 fully saturated rings. The third kappa shape index (κ3) is 3.97. The fourth-order valence-corrected chi connectivity index (χ4v) is 1.80. The van der Waals surface area contributed by atoms with Crippen molar-refractivity contribution < 1.29 is 15.1 Å². The van der Waals surface area contributed by atoms with Crippen LogP contribution in [0.1, 0.15) is 15.9 Å². The second-order valence-electron chi connectivity index (χ2n) is 4.47. The molecule has 0 bridgehead atoms. The third-order valence-corrected chi connectivity index (χ3v) is 2.83. The van der Waals surface area contributed by atoms with Crippen LogP contribution in [0.25, 0.3) is 0 Å². The second kappa shape index (κ2) is 6.42. The van der Waals surface area contributed by atoms with Crippen LogP contribution in [0.2, 0.25) is 0 Å². The largest absolute Gasteiger partial charge is 0.508 e. The Bertz CT molecular complexity index is 666. The van der Waals surface area contributed by atoms with Crippen LogP contribution >= 0.6 is 0 Å². The van der Waals surface area contributed by atoms with E-state index in [1.54, 1.807) is 36.4 Å². The maximum absolute atomic E-state index is 12.0. The van der Waals surface area contributed by atoms with E-state index in [1.165, 1.54) is 12.1 Å². The normalized spacial score (nSPS) is 11.1. The smallest absolute Gasteiger partial charge is 0.255 e. The van der Waals surface area contributed by atoms with E-state index in [1.807, 2.05) is 0 Å². The average molecular weight is 285 g/mol. The van der Waals surface area contributed by atoms with Crippen LogP contribution in [0.5, 0.6) is 5.75 Å². The summed E-state index contributed by atoms with van der Waals surface area (Å²) in [4.78, 5) is 12.0. The summed E-state index contributed by atoms with van der Waals surface area (Å²) < 4.78 is 0. The van der Waals surface area contributed by atoms with Crippen LogP contribution in [0.4, 0.5) is 5.69 Å². The van der Waals surface area contributed by atoms with Gasteiger partial charge in [-0.25, -0.2) is 0 Å². The van der Waals surface area contributed by atoms with Crippen molar-refractivity contribution in [1.82, 2.24) is 0 Å². The van der Waals surface area contributed by atoms with Gasteiger partial charge in [0.1, 0.15) is 11.6 Å². The van der Waals surface area contributed by atoms with Gasteiger partial charge in [0.2, 0.25) is 0 Å². The molecule has 0 spiro atoms. The van der Waals surface area contributed by atoms with Gasteiger partial charge < -0.3 is 21.4 Å². The summed E-state index contributed by atoms with van der Waals surface area (Å²) in [6, 6.07) is 13.1. The van der Waals surface area contributed by atoms with Crippen LogP contribution in [-0.2, 0) is 6.42 Å². The van der Waals surface area contributed by atoms with Gasteiger partial charge in [-0.05, 0) is 35.9 Å². The molecule has 0 radical (unpaired) electrons. The van der Waals surface area contributed by atoms with Crippen molar-refractivity contribution in [2.24, 2.45) is 10.9 Å². The lowest BCUT2D eigenvalue weighted by Crippen LogP contribution is -2.15. The molecule has 6 heteroatoms. The maximum atomic E-state index is 12.0. The van der Waals surface area contributed by atoms with Crippen LogP contribution in [0.3, 0.4) is 0 Å². The van der Waals surface area contributed by atoms with Crippen molar-refractivity contribution in [3.05, 3.63) is 59.7 Å². The highest BCUT2D eigenvalue weighted by molar-refractivity contribution is 6.04. The Balaban J connectivity index is 2.05. The SMILES string of the molecule is NC(Cc1ccc(NC(=O)c2cccc(O)c2)cc1)=NO. The number of oxime groups is 1. The molecule has 0 aliphatic carbocycles. The molecule has 0 aromatic heterocycles. The molecule has 21 heavy (non-hydrogen) atoms. The van der Waals surface area contributed by atoms with E-state index >= 15 is 0 Å². The zero-order valence-corrected chi connectivity index (χ0v) is 11.2. The zero-order chi connectivity index (χ0) is 15.2. The molecule has 2 aromatic carbocycles. The number of benzene rings is 2. The fraction of sp³-hybridized carbons (Fsp3) is 0.0667. The van der Waals surface area contributed by atoms with Crippen molar-refractivity contribution in [3.63, 3.8) is 0 Å². The number of amidine groups is 1. The van der Waals surface area contributed by atoms with E-state index in [4.69, 9.17) is 10.9 Å². The highest BCUT2D eigenvalue weighted by atomic mass is 16.4. The molecule has 0 aliphatic heterocycles. The summed E-state index contributed by atoms with van der Waals surface area (Å²) in [6.07, 6.45) is 0.331. The molecule has 0 saturated carbocycles. The van der Waals surface area contributed by atoms with Gasteiger partial charge in [-0.15, -0.1) is 0 Å². The van der Waals surface area contributed by atoms with Crippen molar-refractivity contribution >= 4 is 17.4 Å². The Morgan fingerprint density at radius 1 is 1.19 bits per heavy atom. The first-order chi connectivity index (χ1) is 10.1. The van der Waals surface area contributed by atoms with Crippen molar-refractivity contribution in [3.8, 4) is 5.75 Å². The highest BCUT2D eigenvalue weighted by Gasteiger charge is 2.06. The van der Waals surface area contributed by atoms with Gasteiger partial charge in [-0.1, -0.05) is 23.4 Å². The number of phenols is 1. The van der Waals surface area contributed by atoms with E-state index in [9.17, 15) is 9.90 Å². The number of carbonyl (C=O) groups excluding carboxylic acids is 1. The lowest BCUT2D eigenvalue weighted by Gasteiger charge is -2.07. The first kappa shape index (κ1) is 14.4. The van der Waals surface area contributed by atoms with Gasteiger partial charge >= 0.3 is 0 Å². The average Bonchev–Trinajstić information content (AvgIpc) is 2.49. The minimum Gasteiger partial charge on any atom is -0.508 e. The molecule has 0 aliphatic rings. The number of nitrogens with two attached hydrogens (primary N) is 1. The summed E-state index contributed by atoms with van der Waals surface area (Å²) in [5.74, 6) is -0.154. The van der Waals surface area contributed by atoms with E-state index < -0.39 is 0 Å². The summed E-state index contributed by atoms with van der Waals surface area (Å²) in [5.41, 5.74) is 7.27. The molecule has 108 valence electrons. The van der Waals surface area contributed by atoms with Crippen molar-refractivity contribution in [2.75, 3.05) is 5.32 Å². The van der Waals surface area contributed by atoms with Gasteiger partial charge in [0, 0.05) is 17.7 Å². The third-order valence-electron chi connectivity index (χ3n) is 2.83. The van der Waals surface area contributed by atoms with Gasteiger partial charge in [-0.2, -0.15) is 0 Å². The predicted octanol–water partition coefficient (Wildman–Crippen LogP) is 1.93. The number of rotatable bonds is 4. The van der Waals surface area contributed by atoms with E-state index in [2.05, 4.69) is 10.5 Å². The molecule has 1 amide bonds. The minimum absolute atomic E-state index is 0.0387. The van der Waals surface area contributed by atoms with Crippen LogP contribution in [-0.4, -0.2) is 22.1 Å². The number of carbonyl (C=O) groups is 1. The topological polar surface area (TPSA) is 108 Å². The quantitative estimate of drug-likeness (QED) is 0.298. The monoisotopic (exact) mass is 285 g/mol.